The number of carbonyl (C=O) groups excluding carboxylic acids is 2. The van der Waals surface area contributed by atoms with Crippen LogP contribution in [0.5, 0.6) is 0 Å². The van der Waals surface area contributed by atoms with Crippen molar-refractivity contribution in [2.45, 2.75) is 26.8 Å². The van der Waals surface area contributed by atoms with Crippen LogP contribution in [0.4, 0.5) is 5.69 Å². The van der Waals surface area contributed by atoms with E-state index in [2.05, 4.69) is 15.7 Å². The van der Waals surface area contributed by atoms with Gasteiger partial charge in [0.1, 0.15) is 5.69 Å². The monoisotopic (exact) mass is 362 g/mol. The number of aryl methyl sites for hydroxylation is 1. The van der Waals surface area contributed by atoms with E-state index >= 15 is 0 Å². The molecule has 0 unspecified atom stereocenters. The lowest BCUT2D eigenvalue weighted by Crippen LogP contribution is -2.35. The molecule has 25 heavy (non-hydrogen) atoms. The molecule has 7 nitrogen and oxygen atoms in total. The highest BCUT2D eigenvalue weighted by Gasteiger charge is 2.12. The molecule has 8 heteroatoms. The molecule has 0 aliphatic heterocycles. The van der Waals surface area contributed by atoms with Gasteiger partial charge in [0.05, 0.1) is 6.54 Å². The SMILES string of the molecule is CCCn1nc(C(=O)NCC(=O)Nc2cccc(Cl)c2C)ccc1=O. The number of nitrogens with zero attached hydrogens (tertiary/aromatic N) is 2. The zero-order valence-electron chi connectivity index (χ0n) is 14.0. The minimum Gasteiger partial charge on any atom is -0.342 e. The van der Waals surface area contributed by atoms with Crippen molar-refractivity contribution in [3.8, 4) is 0 Å². The lowest BCUT2D eigenvalue weighted by Gasteiger charge is -2.10. The van der Waals surface area contributed by atoms with E-state index in [4.69, 9.17) is 11.6 Å². The number of rotatable bonds is 6. The average molecular weight is 363 g/mol. The van der Waals surface area contributed by atoms with E-state index in [1.165, 1.54) is 16.8 Å². The van der Waals surface area contributed by atoms with Gasteiger partial charge in [-0.2, -0.15) is 5.10 Å². The van der Waals surface area contributed by atoms with E-state index in [-0.39, 0.29) is 23.7 Å². The number of benzene rings is 1. The highest BCUT2D eigenvalue weighted by atomic mass is 35.5. The van der Waals surface area contributed by atoms with Gasteiger partial charge < -0.3 is 10.6 Å². The molecule has 0 radical (unpaired) electrons. The summed E-state index contributed by atoms with van der Waals surface area (Å²) in [4.78, 5) is 35.7. The number of amides is 2. The smallest absolute Gasteiger partial charge is 0.272 e. The molecule has 0 atom stereocenters. The molecule has 132 valence electrons. The Morgan fingerprint density at radius 1 is 1.24 bits per heavy atom. The zero-order valence-corrected chi connectivity index (χ0v) is 14.8. The van der Waals surface area contributed by atoms with Gasteiger partial charge in [-0.05, 0) is 37.1 Å². The maximum absolute atomic E-state index is 12.1. The second-order valence-electron chi connectivity index (χ2n) is 5.42. The van der Waals surface area contributed by atoms with Crippen molar-refractivity contribution in [2.75, 3.05) is 11.9 Å². The molecule has 1 aromatic heterocycles. The summed E-state index contributed by atoms with van der Waals surface area (Å²) in [7, 11) is 0. The van der Waals surface area contributed by atoms with Crippen LogP contribution in [0.1, 0.15) is 29.4 Å². The van der Waals surface area contributed by atoms with Gasteiger partial charge in [0.15, 0.2) is 0 Å². The summed E-state index contributed by atoms with van der Waals surface area (Å²) < 4.78 is 1.23. The fourth-order valence-corrected chi connectivity index (χ4v) is 2.30. The van der Waals surface area contributed by atoms with Gasteiger partial charge in [0.2, 0.25) is 5.91 Å². The van der Waals surface area contributed by atoms with Crippen LogP contribution in [0.15, 0.2) is 35.1 Å². The number of hydrogen-bond acceptors (Lipinski definition) is 4. The van der Waals surface area contributed by atoms with E-state index in [0.717, 1.165) is 12.0 Å². The second kappa shape index (κ2) is 8.43. The maximum atomic E-state index is 12.1. The standard InChI is InChI=1S/C17H19ClN4O3/c1-3-9-22-16(24)8-7-14(21-22)17(25)19-10-15(23)20-13-6-4-5-12(18)11(13)2/h4-8H,3,9-10H2,1-2H3,(H,19,25)(H,20,23). The number of halogens is 1. The molecule has 0 aliphatic carbocycles. The Kier molecular flexibility index (Phi) is 6.30. The first-order chi connectivity index (χ1) is 11.9. The summed E-state index contributed by atoms with van der Waals surface area (Å²) in [6.45, 7) is 3.90. The van der Waals surface area contributed by atoms with Crippen molar-refractivity contribution < 1.29 is 9.59 Å². The predicted molar refractivity (Wildman–Crippen MR) is 95.9 cm³/mol. The molecule has 0 bridgehead atoms. The van der Waals surface area contributed by atoms with Crippen molar-refractivity contribution in [3.05, 3.63) is 57.0 Å². The predicted octanol–water partition coefficient (Wildman–Crippen LogP) is 1.98. The summed E-state index contributed by atoms with van der Waals surface area (Å²) in [5.74, 6) is -0.914. The summed E-state index contributed by atoms with van der Waals surface area (Å²) >= 11 is 6.00. The molecule has 2 aromatic rings. The maximum Gasteiger partial charge on any atom is 0.272 e. The minimum atomic E-state index is -0.525. The van der Waals surface area contributed by atoms with E-state index in [9.17, 15) is 14.4 Å². The average Bonchev–Trinajstić information content (AvgIpc) is 2.59. The fraction of sp³-hybridized carbons (Fsp3) is 0.294. The van der Waals surface area contributed by atoms with Gasteiger partial charge in [-0.3, -0.25) is 14.4 Å². The summed E-state index contributed by atoms with van der Waals surface area (Å²) in [5.41, 5.74) is 1.14. The number of carbonyl (C=O) groups is 2. The lowest BCUT2D eigenvalue weighted by molar-refractivity contribution is -0.115. The zero-order chi connectivity index (χ0) is 18.4. The van der Waals surface area contributed by atoms with Gasteiger partial charge in [-0.1, -0.05) is 24.6 Å². The number of anilines is 1. The van der Waals surface area contributed by atoms with Crippen molar-refractivity contribution in [3.63, 3.8) is 0 Å². The molecule has 0 fully saturated rings. The lowest BCUT2D eigenvalue weighted by atomic mass is 10.2. The summed E-state index contributed by atoms with van der Waals surface area (Å²) in [5, 5.41) is 9.70. The van der Waals surface area contributed by atoms with E-state index in [0.29, 0.717) is 17.3 Å². The van der Waals surface area contributed by atoms with Crippen LogP contribution in [0.2, 0.25) is 5.02 Å². The molecule has 1 aromatic carbocycles. The van der Waals surface area contributed by atoms with Crippen LogP contribution in [0.3, 0.4) is 0 Å². The van der Waals surface area contributed by atoms with E-state index in [1.807, 2.05) is 6.92 Å². The summed E-state index contributed by atoms with van der Waals surface area (Å²) in [6, 6.07) is 7.80. The molecule has 2 rings (SSSR count). The van der Waals surface area contributed by atoms with Crippen LogP contribution < -0.4 is 16.2 Å². The van der Waals surface area contributed by atoms with Gasteiger partial charge in [0, 0.05) is 23.3 Å². The molecule has 1 heterocycles. The van der Waals surface area contributed by atoms with Crippen LogP contribution in [-0.4, -0.2) is 28.1 Å². The number of hydrogen-bond donors (Lipinski definition) is 2. The van der Waals surface area contributed by atoms with Crippen molar-refractivity contribution in [1.82, 2.24) is 15.1 Å². The second-order valence-corrected chi connectivity index (χ2v) is 5.83. The first-order valence-corrected chi connectivity index (χ1v) is 8.21. The Labute approximate surface area is 150 Å². The molecular weight excluding hydrogens is 344 g/mol. The van der Waals surface area contributed by atoms with Gasteiger partial charge in [0.25, 0.3) is 11.5 Å². The summed E-state index contributed by atoms with van der Waals surface area (Å²) in [6.07, 6.45) is 0.722. The molecule has 0 saturated carbocycles. The number of nitrogens with one attached hydrogen (secondary N) is 2. The Morgan fingerprint density at radius 3 is 2.72 bits per heavy atom. The Morgan fingerprint density at radius 2 is 2.00 bits per heavy atom. The molecule has 0 spiro atoms. The topological polar surface area (TPSA) is 93.1 Å². The molecule has 0 aliphatic rings. The first kappa shape index (κ1) is 18.7. The van der Waals surface area contributed by atoms with Gasteiger partial charge in [-0.25, -0.2) is 4.68 Å². The van der Waals surface area contributed by atoms with E-state index in [1.54, 1.807) is 25.1 Å². The van der Waals surface area contributed by atoms with Crippen LogP contribution in [-0.2, 0) is 11.3 Å². The van der Waals surface area contributed by atoms with Crippen molar-refractivity contribution in [1.29, 1.82) is 0 Å². The van der Waals surface area contributed by atoms with Crippen LogP contribution in [0, 0.1) is 6.92 Å². The first-order valence-electron chi connectivity index (χ1n) is 7.83. The largest absolute Gasteiger partial charge is 0.342 e. The Hall–Kier alpha value is -2.67. The Bertz CT molecular complexity index is 848. The Balaban J connectivity index is 1.97. The third kappa shape index (κ3) is 4.90. The number of aromatic nitrogens is 2. The molecule has 0 saturated heterocycles. The molecule has 2 amide bonds. The normalized spacial score (nSPS) is 10.4. The van der Waals surface area contributed by atoms with Crippen molar-refractivity contribution >= 4 is 29.1 Å². The highest BCUT2D eigenvalue weighted by Crippen LogP contribution is 2.22. The minimum absolute atomic E-state index is 0.0831. The molecular formula is C17H19ClN4O3. The molecule has 2 N–H and O–H groups in total. The fourth-order valence-electron chi connectivity index (χ4n) is 2.13. The van der Waals surface area contributed by atoms with Crippen LogP contribution >= 0.6 is 11.6 Å². The van der Waals surface area contributed by atoms with E-state index < -0.39 is 5.91 Å². The third-order valence-electron chi connectivity index (χ3n) is 3.49. The highest BCUT2D eigenvalue weighted by molar-refractivity contribution is 6.31. The quantitative estimate of drug-likeness (QED) is 0.821. The van der Waals surface area contributed by atoms with Gasteiger partial charge >= 0.3 is 0 Å². The van der Waals surface area contributed by atoms with Crippen molar-refractivity contribution in [2.24, 2.45) is 0 Å². The van der Waals surface area contributed by atoms with Crippen LogP contribution in [0.25, 0.3) is 0 Å². The third-order valence-corrected chi connectivity index (χ3v) is 3.90. The van der Waals surface area contributed by atoms with Gasteiger partial charge in [-0.15, -0.1) is 0 Å².